The topological polar surface area (TPSA) is 60.4 Å². The molecule has 2 aromatic rings. The van der Waals surface area contributed by atoms with Crippen molar-refractivity contribution in [3.8, 4) is 0 Å². The van der Waals surface area contributed by atoms with Gasteiger partial charge in [-0.2, -0.15) is 13.2 Å². The summed E-state index contributed by atoms with van der Waals surface area (Å²) in [5.41, 5.74) is 3.14. The number of allylic oxidation sites excluding steroid dienone is 2. The fourth-order valence-corrected chi connectivity index (χ4v) is 3.92. The number of carbonyl (C=O) groups is 1. The zero-order chi connectivity index (χ0) is 22.1. The molecule has 1 aliphatic rings. The third-order valence-electron chi connectivity index (χ3n) is 4.71. The van der Waals surface area contributed by atoms with Gasteiger partial charge in [-0.15, -0.1) is 0 Å². The van der Waals surface area contributed by atoms with E-state index in [9.17, 15) is 26.4 Å². The molecule has 0 fully saturated rings. The first-order valence-electron chi connectivity index (χ1n) is 9.00. The predicted molar refractivity (Wildman–Crippen MR) is 108 cm³/mol. The van der Waals surface area contributed by atoms with E-state index in [1.807, 2.05) is 0 Å². The van der Waals surface area contributed by atoms with E-state index >= 15 is 0 Å². The molecular formula is C22H19F3O4S. The lowest BCUT2D eigenvalue weighted by molar-refractivity contribution is -0.133. The fraction of sp³-hybridized carbons (Fsp3) is 0.227. The summed E-state index contributed by atoms with van der Waals surface area (Å²) in [5.74, 6) is -0.521. The lowest BCUT2D eigenvalue weighted by Crippen LogP contribution is -2.07. The predicted octanol–water partition coefficient (Wildman–Crippen LogP) is 5.16. The molecule has 1 aliphatic carbocycles. The van der Waals surface area contributed by atoms with Crippen LogP contribution in [0.2, 0.25) is 0 Å². The first-order valence-corrected chi connectivity index (χ1v) is 10.9. The number of hydrogen-bond acceptors (Lipinski definition) is 4. The molecule has 0 bridgehead atoms. The zero-order valence-electron chi connectivity index (χ0n) is 16.3. The molecule has 0 amide bonds. The number of methoxy groups -OCH3 is 1. The highest BCUT2D eigenvalue weighted by molar-refractivity contribution is 7.90. The van der Waals surface area contributed by atoms with E-state index in [1.54, 1.807) is 42.5 Å². The minimum absolute atomic E-state index is 0.0987. The first kappa shape index (κ1) is 21.8. The maximum atomic E-state index is 12.8. The maximum Gasteiger partial charge on any atom is 0.389 e. The highest BCUT2D eigenvalue weighted by Gasteiger charge is 2.29. The largest absolute Gasteiger partial charge is 0.465 e. The summed E-state index contributed by atoms with van der Waals surface area (Å²) in [4.78, 5) is 11.9. The lowest BCUT2D eigenvalue weighted by atomic mass is 9.97. The molecule has 0 saturated heterocycles. The van der Waals surface area contributed by atoms with Crippen LogP contribution in [-0.4, -0.2) is 33.9 Å². The van der Waals surface area contributed by atoms with Crippen molar-refractivity contribution in [2.75, 3.05) is 13.4 Å². The van der Waals surface area contributed by atoms with Crippen molar-refractivity contribution in [3.63, 3.8) is 0 Å². The number of benzene rings is 2. The van der Waals surface area contributed by atoms with Crippen molar-refractivity contribution in [3.05, 3.63) is 70.3 Å². The van der Waals surface area contributed by atoms with Gasteiger partial charge in [0.15, 0.2) is 9.84 Å². The van der Waals surface area contributed by atoms with Gasteiger partial charge in [0, 0.05) is 12.7 Å². The summed E-state index contributed by atoms with van der Waals surface area (Å²) < 4.78 is 66.8. The van der Waals surface area contributed by atoms with Crippen LogP contribution in [0.3, 0.4) is 0 Å². The smallest absolute Gasteiger partial charge is 0.389 e. The van der Waals surface area contributed by atoms with Crippen LogP contribution in [0.15, 0.2) is 52.9 Å². The monoisotopic (exact) mass is 436 g/mol. The minimum atomic E-state index is -4.32. The molecule has 0 N–H and O–H groups in total. The van der Waals surface area contributed by atoms with Gasteiger partial charge >= 0.3 is 12.1 Å². The highest BCUT2D eigenvalue weighted by atomic mass is 32.2. The van der Waals surface area contributed by atoms with Crippen LogP contribution in [0.1, 0.15) is 39.9 Å². The van der Waals surface area contributed by atoms with Gasteiger partial charge in [0.1, 0.15) is 0 Å². The Balaban J connectivity index is 2.08. The van der Waals surface area contributed by atoms with Crippen molar-refractivity contribution >= 4 is 33.5 Å². The Morgan fingerprint density at radius 3 is 2.50 bits per heavy atom. The number of hydrogen-bond donors (Lipinski definition) is 0. The summed E-state index contributed by atoms with van der Waals surface area (Å²) in [6, 6.07) is 11.0. The zero-order valence-corrected chi connectivity index (χ0v) is 17.1. The number of halogens is 3. The molecule has 0 atom stereocenters. The average molecular weight is 436 g/mol. The van der Waals surface area contributed by atoms with Crippen LogP contribution in [0, 0.1) is 0 Å². The summed E-state index contributed by atoms with van der Waals surface area (Å²) in [6.07, 6.45) is -1.19. The van der Waals surface area contributed by atoms with E-state index in [0.717, 1.165) is 6.26 Å². The Hall–Kier alpha value is -2.87. The summed E-state index contributed by atoms with van der Waals surface area (Å²) in [7, 11) is -2.19. The van der Waals surface area contributed by atoms with E-state index in [0.29, 0.717) is 33.4 Å². The van der Waals surface area contributed by atoms with Gasteiger partial charge in [-0.25, -0.2) is 13.2 Å². The second-order valence-electron chi connectivity index (χ2n) is 6.98. The number of carbonyl (C=O) groups excluding carboxylic acids is 1. The summed E-state index contributed by atoms with van der Waals surface area (Å²) in [6.45, 7) is 0. The number of rotatable bonds is 5. The van der Waals surface area contributed by atoms with Crippen molar-refractivity contribution in [2.45, 2.75) is 23.9 Å². The molecule has 3 rings (SSSR count). The third kappa shape index (κ3) is 4.99. The van der Waals surface area contributed by atoms with Gasteiger partial charge < -0.3 is 4.74 Å². The molecule has 2 aromatic carbocycles. The number of sulfone groups is 1. The second-order valence-corrected chi connectivity index (χ2v) is 9.00. The van der Waals surface area contributed by atoms with Crippen molar-refractivity contribution in [2.24, 2.45) is 0 Å². The van der Waals surface area contributed by atoms with Crippen molar-refractivity contribution in [1.82, 2.24) is 0 Å². The van der Waals surface area contributed by atoms with Crippen LogP contribution in [0.25, 0.3) is 17.7 Å². The maximum absolute atomic E-state index is 12.8. The quantitative estimate of drug-likeness (QED) is 0.608. The summed E-state index contributed by atoms with van der Waals surface area (Å²) >= 11 is 0. The van der Waals surface area contributed by atoms with E-state index in [4.69, 9.17) is 4.74 Å². The minimum Gasteiger partial charge on any atom is -0.465 e. The third-order valence-corrected chi connectivity index (χ3v) is 5.82. The van der Waals surface area contributed by atoms with Crippen LogP contribution in [0.5, 0.6) is 0 Å². The number of esters is 1. The molecule has 0 heterocycles. The standard InChI is InChI=1S/C22H19F3O4S/c1-29-21(26)16-5-3-4-14(10-16)11-20-15(8-9-22(23,24)25)12-17-13-18(30(2,27)28)6-7-19(17)20/h3-7,10-13H,8-9H2,1-2H3/b20-11-. The van der Waals surface area contributed by atoms with Crippen molar-refractivity contribution < 1.29 is 31.1 Å². The number of ether oxygens (including phenoxy) is 1. The molecule has 158 valence electrons. The van der Waals surface area contributed by atoms with Crippen LogP contribution >= 0.6 is 0 Å². The molecule has 0 saturated carbocycles. The van der Waals surface area contributed by atoms with Gasteiger partial charge in [-0.3, -0.25) is 0 Å². The molecule has 0 aliphatic heterocycles. The molecule has 0 unspecified atom stereocenters. The SMILES string of the molecule is COC(=O)c1cccc(/C=C2/C(CCC(F)(F)F)=Cc3cc(S(C)(=O)=O)ccc32)c1. The Morgan fingerprint density at radius 1 is 1.13 bits per heavy atom. The molecule has 4 nitrogen and oxygen atoms in total. The molecule has 0 aromatic heterocycles. The molecular weight excluding hydrogens is 417 g/mol. The first-order chi connectivity index (χ1) is 14.0. The van der Waals surface area contributed by atoms with Crippen LogP contribution in [-0.2, 0) is 14.6 Å². The molecule has 8 heteroatoms. The van der Waals surface area contributed by atoms with Crippen LogP contribution in [0.4, 0.5) is 13.2 Å². The van der Waals surface area contributed by atoms with Crippen LogP contribution < -0.4 is 0 Å². The normalized spacial score (nSPS) is 15.1. The summed E-state index contributed by atoms with van der Waals surface area (Å²) in [5, 5.41) is 0. The van der Waals surface area contributed by atoms with Gasteiger partial charge in [-0.1, -0.05) is 24.3 Å². The van der Waals surface area contributed by atoms with Gasteiger partial charge in [0.05, 0.1) is 17.6 Å². The van der Waals surface area contributed by atoms with E-state index in [-0.39, 0.29) is 11.3 Å². The Morgan fingerprint density at radius 2 is 1.87 bits per heavy atom. The van der Waals surface area contributed by atoms with Gasteiger partial charge in [0.25, 0.3) is 0 Å². The van der Waals surface area contributed by atoms with Gasteiger partial charge in [0.2, 0.25) is 0 Å². The van der Waals surface area contributed by atoms with Gasteiger partial charge in [-0.05, 0) is 64.6 Å². The van der Waals surface area contributed by atoms with Crippen molar-refractivity contribution in [1.29, 1.82) is 0 Å². The lowest BCUT2D eigenvalue weighted by Gasteiger charge is -2.11. The Labute approximate surface area is 172 Å². The average Bonchev–Trinajstić information content (AvgIpc) is 3.01. The molecule has 0 radical (unpaired) electrons. The second kappa shape index (κ2) is 8.10. The number of alkyl halides is 3. The molecule has 0 spiro atoms. The fourth-order valence-electron chi connectivity index (χ4n) is 3.27. The van der Waals surface area contributed by atoms with E-state index in [1.165, 1.54) is 19.2 Å². The van der Waals surface area contributed by atoms with E-state index < -0.39 is 28.4 Å². The molecule has 30 heavy (non-hydrogen) atoms. The Bertz CT molecular complexity index is 1160. The van der Waals surface area contributed by atoms with E-state index in [2.05, 4.69) is 0 Å². The number of fused-ring (bicyclic) bond motifs is 1. The Kier molecular flexibility index (Phi) is 5.90. The highest BCUT2D eigenvalue weighted by Crippen LogP contribution is 2.41.